The van der Waals surface area contributed by atoms with Crippen molar-refractivity contribution in [3.63, 3.8) is 0 Å². The lowest BCUT2D eigenvalue weighted by Crippen LogP contribution is -1.92. The average molecular weight is 252 g/mol. The van der Waals surface area contributed by atoms with Crippen LogP contribution in [-0.2, 0) is 5.88 Å². The number of benzene rings is 1. The molecule has 1 aromatic heterocycles. The third-order valence-corrected chi connectivity index (χ3v) is 2.64. The zero-order valence-corrected chi connectivity index (χ0v) is 10.5. The van der Waals surface area contributed by atoms with Crippen LogP contribution >= 0.6 is 11.6 Å². The van der Waals surface area contributed by atoms with Crippen LogP contribution in [0.4, 0.5) is 11.7 Å². The summed E-state index contributed by atoms with van der Waals surface area (Å²) >= 11 is 5.57. The number of anilines is 2. The third kappa shape index (κ3) is 2.97. The highest BCUT2D eigenvalue weighted by Crippen LogP contribution is 2.20. The first-order valence-corrected chi connectivity index (χ1v) is 5.98. The van der Waals surface area contributed by atoms with Gasteiger partial charge in [-0.05, 0) is 23.6 Å². The van der Waals surface area contributed by atoms with E-state index in [0.29, 0.717) is 17.8 Å². The van der Waals surface area contributed by atoms with E-state index in [1.165, 1.54) is 5.56 Å². The van der Waals surface area contributed by atoms with Crippen LogP contribution in [0.15, 0.2) is 28.7 Å². The number of hydrogen-bond donors (Lipinski definition) is 1. The number of nitrogens with one attached hydrogen (secondary N) is 1. The molecule has 0 spiro atoms. The first kappa shape index (κ1) is 11.9. The Balaban J connectivity index is 2.08. The monoisotopic (exact) mass is 251 g/mol. The van der Waals surface area contributed by atoms with Crippen molar-refractivity contribution in [2.45, 2.75) is 25.6 Å². The van der Waals surface area contributed by atoms with Gasteiger partial charge in [0.05, 0.1) is 0 Å². The van der Waals surface area contributed by atoms with Crippen molar-refractivity contribution in [3.05, 3.63) is 35.7 Å². The molecule has 0 aliphatic rings. The van der Waals surface area contributed by atoms with Crippen LogP contribution in [0.5, 0.6) is 0 Å². The lowest BCUT2D eigenvalue weighted by Gasteiger charge is -2.06. The van der Waals surface area contributed by atoms with Crippen molar-refractivity contribution in [3.8, 4) is 0 Å². The summed E-state index contributed by atoms with van der Waals surface area (Å²) in [5.74, 6) is 1.16. The van der Waals surface area contributed by atoms with Crippen molar-refractivity contribution < 1.29 is 4.42 Å². The summed E-state index contributed by atoms with van der Waals surface area (Å²) in [6.07, 6.45) is 0. The van der Waals surface area contributed by atoms with Crippen molar-refractivity contribution in [2.75, 3.05) is 5.32 Å². The molecule has 0 radical (unpaired) electrons. The van der Waals surface area contributed by atoms with Crippen LogP contribution in [0, 0.1) is 0 Å². The Labute approximate surface area is 105 Å². The highest BCUT2D eigenvalue weighted by atomic mass is 35.5. The molecule has 1 heterocycles. The highest BCUT2D eigenvalue weighted by molar-refractivity contribution is 6.16. The second kappa shape index (κ2) is 5.19. The Hall–Kier alpha value is -1.55. The molecule has 0 aliphatic carbocycles. The minimum atomic E-state index is 0.223. The zero-order chi connectivity index (χ0) is 12.3. The Bertz CT molecular complexity index is 479. The smallest absolute Gasteiger partial charge is 0.320 e. The lowest BCUT2D eigenvalue weighted by molar-refractivity contribution is 0.530. The highest BCUT2D eigenvalue weighted by Gasteiger charge is 2.05. The van der Waals surface area contributed by atoms with Gasteiger partial charge in [-0.3, -0.25) is 0 Å². The maximum Gasteiger partial charge on any atom is 0.320 e. The lowest BCUT2D eigenvalue weighted by atomic mass is 10.0. The molecule has 0 bridgehead atoms. The van der Waals surface area contributed by atoms with Gasteiger partial charge in [0, 0.05) is 5.69 Å². The van der Waals surface area contributed by atoms with E-state index in [0.717, 1.165) is 5.69 Å². The van der Waals surface area contributed by atoms with Crippen molar-refractivity contribution in [2.24, 2.45) is 0 Å². The van der Waals surface area contributed by atoms with Crippen molar-refractivity contribution in [1.82, 2.24) is 10.2 Å². The van der Waals surface area contributed by atoms with Crippen LogP contribution in [0.2, 0.25) is 0 Å². The molecule has 2 aromatic rings. The summed E-state index contributed by atoms with van der Waals surface area (Å²) < 4.78 is 5.25. The molecule has 2 rings (SSSR count). The van der Waals surface area contributed by atoms with Gasteiger partial charge in [-0.2, -0.15) is 0 Å². The summed E-state index contributed by atoms with van der Waals surface area (Å²) in [6.45, 7) is 4.32. The predicted octanol–water partition coefficient (Wildman–Crippen LogP) is 3.68. The fourth-order valence-electron chi connectivity index (χ4n) is 1.43. The van der Waals surface area contributed by atoms with E-state index in [-0.39, 0.29) is 5.88 Å². The predicted molar refractivity (Wildman–Crippen MR) is 67.7 cm³/mol. The largest absolute Gasteiger partial charge is 0.407 e. The topological polar surface area (TPSA) is 51.0 Å². The summed E-state index contributed by atoms with van der Waals surface area (Å²) in [6, 6.07) is 8.48. The van der Waals surface area contributed by atoms with E-state index in [1.807, 2.05) is 12.1 Å². The van der Waals surface area contributed by atoms with Crippen LogP contribution in [-0.4, -0.2) is 10.2 Å². The molecular weight excluding hydrogens is 238 g/mol. The van der Waals surface area contributed by atoms with Crippen molar-refractivity contribution >= 4 is 23.3 Å². The zero-order valence-electron chi connectivity index (χ0n) is 9.77. The Morgan fingerprint density at radius 3 is 2.47 bits per heavy atom. The van der Waals surface area contributed by atoms with Gasteiger partial charge in [0.25, 0.3) is 0 Å². The number of halogens is 1. The SMILES string of the molecule is CC(C)c1ccc(Nc2nnc(CCl)o2)cc1. The molecule has 90 valence electrons. The fraction of sp³-hybridized carbons (Fsp3) is 0.333. The normalized spacial score (nSPS) is 10.8. The standard InChI is InChI=1S/C12H14ClN3O/c1-8(2)9-3-5-10(6-4-9)14-12-16-15-11(7-13)17-12/h3-6,8H,7H2,1-2H3,(H,14,16). The van der Waals surface area contributed by atoms with Gasteiger partial charge in [0.1, 0.15) is 5.88 Å². The minimum absolute atomic E-state index is 0.223. The van der Waals surface area contributed by atoms with Gasteiger partial charge < -0.3 is 9.73 Å². The van der Waals surface area contributed by atoms with Gasteiger partial charge in [-0.25, -0.2) is 0 Å². The average Bonchev–Trinajstić information content (AvgIpc) is 2.77. The molecule has 4 nitrogen and oxygen atoms in total. The molecule has 0 amide bonds. The van der Waals surface area contributed by atoms with Crippen LogP contribution in [0.3, 0.4) is 0 Å². The second-order valence-corrected chi connectivity index (χ2v) is 4.30. The van der Waals surface area contributed by atoms with Gasteiger partial charge in [0.2, 0.25) is 5.89 Å². The molecule has 1 N–H and O–H groups in total. The van der Waals surface area contributed by atoms with Crippen LogP contribution in [0.1, 0.15) is 31.2 Å². The Morgan fingerprint density at radius 2 is 1.94 bits per heavy atom. The molecular formula is C12H14ClN3O. The number of rotatable bonds is 4. The van der Waals surface area contributed by atoms with Gasteiger partial charge in [0.15, 0.2) is 0 Å². The first-order valence-electron chi connectivity index (χ1n) is 5.44. The Kier molecular flexibility index (Phi) is 3.64. The maximum atomic E-state index is 5.57. The van der Waals surface area contributed by atoms with Gasteiger partial charge in [-0.15, -0.1) is 16.7 Å². The summed E-state index contributed by atoms with van der Waals surface area (Å²) in [7, 11) is 0. The molecule has 0 aliphatic heterocycles. The number of nitrogens with zero attached hydrogens (tertiary/aromatic N) is 2. The van der Waals surface area contributed by atoms with Crippen LogP contribution in [0.25, 0.3) is 0 Å². The van der Waals surface area contributed by atoms with E-state index in [2.05, 4.69) is 41.5 Å². The van der Waals surface area contributed by atoms with E-state index in [1.54, 1.807) is 0 Å². The number of aromatic nitrogens is 2. The molecule has 0 saturated carbocycles. The van der Waals surface area contributed by atoms with E-state index >= 15 is 0 Å². The van der Waals surface area contributed by atoms with Gasteiger partial charge in [-0.1, -0.05) is 31.1 Å². The minimum Gasteiger partial charge on any atom is -0.407 e. The molecule has 5 heteroatoms. The maximum absolute atomic E-state index is 5.57. The van der Waals surface area contributed by atoms with E-state index in [4.69, 9.17) is 16.0 Å². The first-order chi connectivity index (χ1) is 8.19. The van der Waals surface area contributed by atoms with E-state index in [9.17, 15) is 0 Å². The van der Waals surface area contributed by atoms with Crippen LogP contribution < -0.4 is 5.32 Å². The van der Waals surface area contributed by atoms with Gasteiger partial charge >= 0.3 is 6.01 Å². The quantitative estimate of drug-likeness (QED) is 0.843. The fourth-order valence-corrected chi connectivity index (χ4v) is 1.54. The summed E-state index contributed by atoms with van der Waals surface area (Å²) in [5.41, 5.74) is 2.21. The summed E-state index contributed by atoms with van der Waals surface area (Å²) in [5, 5.41) is 10.6. The molecule has 0 atom stereocenters. The van der Waals surface area contributed by atoms with E-state index < -0.39 is 0 Å². The molecule has 0 unspecified atom stereocenters. The number of alkyl halides is 1. The summed E-state index contributed by atoms with van der Waals surface area (Å²) in [4.78, 5) is 0. The second-order valence-electron chi connectivity index (χ2n) is 4.04. The molecule has 17 heavy (non-hydrogen) atoms. The molecule has 0 fully saturated rings. The Morgan fingerprint density at radius 1 is 1.24 bits per heavy atom. The third-order valence-electron chi connectivity index (χ3n) is 2.41. The number of hydrogen-bond acceptors (Lipinski definition) is 4. The molecule has 0 saturated heterocycles. The molecule has 1 aromatic carbocycles. The van der Waals surface area contributed by atoms with Crippen molar-refractivity contribution in [1.29, 1.82) is 0 Å².